The first-order valence-electron chi connectivity index (χ1n) is 6.05. The van der Waals surface area contributed by atoms with Gasteiger partial charge in [-0.1, -0.05) is 0 Å². The minimum absolute atomic E-state index is 0.301. The lowest BCUT2D eigenvalue weighted by atomic mass is 10.2. The van der Waals surface area contributed by atoms with Gasteiger partial charge >= 0.3 is 0 Å². The van der Waals surface area contributed by atoms with E-state index in [9.17, 15) is 4.39 Å². The molecule has 3 aromatic rings. The molecule has 0 radical (unpaired) electrons. The van der Waals surface area contributed by atoms with Crippen LogP contribution in [0.5, 0.6) is 0 Å². The number of hydrogen-bond acceptors (Lipinski definition) is 5. The van der Waals surface area contributed by atoms with E-state index in [0.717, 1.165) is 16.3 Å². The summed E-state index contributed by atoms with van der Waals surface area (Å²) in [5.74, 6) is 0.726. The molecule has 2 aromatic heterocycles. The monoisotopic (exact) mass is 364 g/mol. The quantitative estimate of drug-likeness (QED) is 0.744. The lowest BCUT2D eigenvalue weighted by Gasteiger charge is -2.01. The summed E-state index contributed by atoms with van der Waals surface area (Å²) in [5, 5.41) is 2.64. The number of hydrogen-bond donors (Lipinski definition) is 1. The summed E-state index contributed by atoms with van der Waals surface area (Å²) >= 11 is 4.62. The predicted octanol–water partition coefficient (Wildman–Crippen LogP) is 4.06. The summed E-state index contributed by atoms with van der Waals surface area (Å²) in [6.45, 7) is 1.78. The highest BCUT2D eigenvalue weighted by Crippen LogP contribution is 2.32. The zero-order valence-electron chi connectivity index (χ0n) is 11.0. The third kappa shape index (κ3) is 2.79. The maximum atomic E-state index is 13.3. The third-order valence-electron chi connectivity index (χ3n) is 2.89. The number of aromatic nitrogens is 3. The molecule has 0 aliphatic carbocycles. The fraction of sp³-hybridized carbons (Fsp3) is 0.0714. The number of rotatable bonds is 2. The van der Waals surface area contributed by atoms with Crippen LogP contribution in [0.15, 0.2) is 34.2 Å². The first kappa shape index (κ1) is 14.1. The Bertz CT molecular complexity index is 818. The van der Waals surface area contributed by atoms with Crippen molar-refractivity contribution in [3.63, 3.8) is 0 Å². The normalized spacial score (nSPS) is 10.8. The third-order valence-corrected chi connectivity index (χ3v) is 4.37. The molecule has 2 N–H and O–H groups in total. The molecule has 0 amide bonds. The second kappa shape index (κ2) is 5.50. The fourth-order valence-electron chi connectivity index (χ4n) is 1.84. The van der Waals surface area contributed by atoms with Crippen LogP contribution in [0.3, 0.4) is 0 Å². The number of anilines is 1. The molecular formula is C14H10BrFN4S. The van der Waals surface area contributed by atoms with Gasteiger partial charge in [0.2, 0.25) is 0 Å². The molecule has 0 saturated carbocycles. The number of nitrogens with zero attached hydrogens (tertiary/aromatic N) is 3. The summed E-state index contributed by atoms with van der Waals surface area (Å²) in [6, 6.07) is 4.79. The van der Waals surface area contributed by atoms with Crippen molar-refractivity contribution in [2.75, 3.05) is 5.73 Å². The highest BCUT2D eigenvalue weighted by atomic mass is 79.9. The smallest absolute Gasteiger partial charge is 0.137 e. The predicted molar refractivity (Wildman–Crippen MR) is 85.4 cm³/mol. The van der Waals surface area contributed by atoms with Crippen molar-refractivity contribution >= 4 is 33.1 Å². The molecule has 106 valence electrons. The molecular weight excluding hydrogens is 355 g/mol. The Morgan fingerprint density at radius 1 is 1.29 bits per heavy atom. The van der Waals surface area contributed by atoms with E-state index in [-0.39, 0.29) is 5.82 Å². The summed E-state index contributed by atoms with van der Waals surface area (Å²) in [6.07, 6.45) is 1.67. The summed E-state index contributed by atoms with van der Waals surface area (Å²) < 4.78 is 13.7. The van der Waals surface area contributed by atoms with Gasteiger partial charge in [-0.25, -0.2) is 19.3 Å². The molecule has 1 aromatic carbocycles. The van der Waals surface area contributed by atoms with E-state index >= 15 is 0 Å². The largest absolute Gasteiger partial charge is 0.383 e. The van der Waals surface area contributed by atoms with Gasteiger partial charge < -0.3 is 5.73 Å². The van der Waals surface area contributed by atoms with Crippen molar-refractivity contribution in [3.8, 4) is 21.8 Å². The standard InChI is InChI=1S/C14H10BrFN4S/c1-7-18-5-9(13(17)19-7)14-20-12(6-21-14)8-2-3-11(16)10(15)4-8/h2-6H,1H3,(H2,17,18,19). The van der Waals surface area contributed by atoms with Gasteiger partial charge in [-0.05, 0) is 41.1 Å². The van der Waals surface area contributed by atoms with Crippen molar-refractivity contribution in [3.05, 3.63) is 45.9 Å². The Balaban J connectivity index is 2.01. The van der Waals surface area contributed by atoms with Crippen molar-refractivity contribution in [2.45, 2.75) is 6.92 Å². The topological polar surface area (TPSA) is 64.7 Å². The zero-order valence-corrected chi connectivity index (χ0v) is 13.4. The first-order chi connectivity index (χ1) is 10.0. The number of nitrogens with two attached hydrogens (primary N) is 1. The molecule has 0 aliphatic heterocycles. The highest BCUT2D eigenvalue weighted by Gasteiger charge is 2.12. The zero-order chi connectivity index (χ0) is 15.0. The lowest BCUT2D eigenvalue weighted by Crippen LogP contribution is -1.98. The molecule has 21 heavy (non-hydrogen) atoms. The molecule has 4 nitrogen and oxygen atoms in total. The van der Waals surface area contributed by atoms with E-state index in [2.05, 4.69) is 30.9 Å². The summed E-state index contributed by atoms with van der Waals surface area (Å²) in [4.78, 5) is 12.8. The molecule has 0 saturated heterocycles. The first-order valence-corrected chi connectivity index (χ1v) is 7.72. The average molecular weight is 365 g/mol. The van der Waals surface area contributed by atoms with Crippen LogP contribution in [0.4, 0.5) is 10.2 Å². The molecule has 0 bridgehead atoms. The number of nitrogen functional groups attached to an aromatic ring is 1. The molecule has 0 unspecified atom stereocenters. The van der Waals surface area contributed by atoms with Gasteiger partial charge in [0.25, 0.3) is 0 Å². The maximum absolute atomic E-state index is 13.3. The van der Waals surface area contributed by atoms with Gasteiger partial charge in [-0.3, -0.25) is 0 Å². The SMILES string of the molecule is Cc1ncc(-c2nc(-c3ccc(F)c(Br)c3)cs2)c(N)n1. The molecule has 2 heterocycles. The van der Waals surface area contributed by atoms with Crippen molar-refractivity contribution in [1.82, 2.24) is 15.0 Å². The van der Waals surface area contributed by atoms with Gasteiger partial charge in [-0.15, -0.1) is 11.3 Å². The fourth-order valence-corrected chi connectivity index (χ4v) is 3.06. The average Bonchev–Trinajstić information content (AvgIpc) is 2.91. The molecule has 0 spiro atoms. The van der Waals surface area contributed by atoms with Crippen molar-refractivity contribution in [1.29, 1.82) is 0 Å². The molecule has 0 aliphatic rings. The van der Waals surface area contributed by atoms with Crippen LogP contribution in [-0.2, 0) is 0 Å². The Morgan fingerprint density at radius 2 is 2.10 bits per heavy atom. The van der Waals surface area contributed by atoms with Crippen LogP contribution in [0.25, 0.3) is 21.8 Å². The van der Waals surface area contributed by atoms with E-state index in [1.54, 1.807) is 25.3 Å². The van der Waals surface area contributed by atoms with E-state index in [1.165, 1.54) is 17.4 Å². The highest BCUT2D eigenvalue weighted by molar-refractivity contribution is 9.10. The minimum Gasteiger partial charge on any atom is -0.383 e. The number of aryl methyl sites for hydroxylation is 1. The Morgan fingerprint density at radius 3 is 2.81 bits per heavy atom. The molecule has 3 rings (SSSR count). The number of halogens is 2. The van der Waals surface area contributed by atoms with Crippen LogP contribution in [-0.4, -0.2) is 15.0 Å². The Hall–Kier alpha value is -1.86. The Kier molecular flexibility index (Phi) is 3.69. The van der Waals surface area contributed by atoms with E-state index < -0.39 is 0 Å². The number of thiazole rings is 1. The second-order valence-electron chi connectivity index (χ2n) is 4.38. The molecule has 0 atom stereocenters. The molecule has 0 fully saturated rings. The van der Waals surface area contributed by atoms with Crippen LogP contribution in [0, 0.1) is 12.7 Å². The van der Waals surface area contributed by atoms with E-state index in [1.807, 2.05) is 5.38 Å². The van der Waals surface area contributed by atoms with Gasteiger partial charge in [-0.2, -0.15) is 0 Å². The Labute approximate surface area is 133 Å². The maximum Gasteiger partial charge on any atom is 0.137 e. The van der Waals surface area contributed by atoms with Crippen LogP contribution in [0.2, 0.25) is 0 Å². The van der Waals surface area contributed by atoms with Crippen LogP contribution < -0.4 is 5.73 Å². The van der Waals surface area contributed by atoms with E-state index in [0.29, 0.717) is 21.7 Å². The van der Waals surface area contributed by atoms with Crippen LogP contribution >= 0.6 is 27.3 Å². The number of benzene rings is 1. The lowest BCUT2D eigenvalue weighted by molar-refractivity contribution is 0.621. The van der Waals surface area contributed by atoms with Crippen LogP contribution in [0.1, 0.15) is 5.82 Å². The summed E-state index contributed by atoms with van der Waals surface area (Å²) in [5.41, 5.74) is 8.20. The van der Waals surface area contributed by atoms with Gasteiger partial charge in [0.1, 0.15) is 22.5 Å². The van der Waals surface area contributed by atoms with Crippen molar-refractivity contribution in [2.24, 2.45) is 0 Å². The van der Waals surface area contributed by atoms with Gasteiger partial charge in [0, 0.05) is 17.1 Å². The van der Waals surface area contributed by atoms with Crippen molar-refractivity contribution < 1.29 is 4.39 Å². The minimum atomic E-state index is -0.301. The van der Waals surface area contributed by atoms with Gasteiger partial charge in [0.05, 0.1) is 15.7 Å². The summed E-state index contributed by atoms with van der Waals surface area (Å²) in [7, 11) is 0. The van der Waals surface area contributed by atoms with Gasteiger partial charge in [0.15, 0.2) is 0 Å². The van der Waals surface area contributed by atoms with E-state index in [4.69, 9.17) is 5.73 Å². The second-order valence-corrected chi connectivity index (χ2v) is 6.10. The molecule has 7 heteroatoms.